The fraction of sp³-hybridized carbons (Fsp3) is 0.182. The van der Waals surface area contributed by atoms with Crippen LogP contribution in [0.15, 0.2) is 45.4 Å². The molecule has 4 nitrogen and oxygen atoms in total. The van der Waals surface area contributed by atoms with Gasteiger partial charge in [0, 0.05) is 10.7 Å². The molecule has 88 valence electrons. The van der Waals surface area contributed by atoms with E-state index in [0.717, 1.165) is 11.1 Å². The highest BCUT2D eigenvalue weighted by atomic mass is 32.2. The van der Waals surface area contributed by atoms with Crippen molar-refractivity contribution in [2.45, 2.75) is 10.5 Å². The second-order valence-electron chi connectivity index (χ2n) is 3.76. The number of fused-ring (bicyclic) bond motifs is 1. The van der Waals surface area contributed by atoms with Gasteiger partial charge < -0.3 is 4.42 Å². The first kappa shape index (κ1) is 10.9. The summed E-state index contributed by atoms with van der Waals surface area (Å²) in [4.78, 5) is 4.29. The third kappa shape index (κ3) is 2.23. The molecule has 17 heavy (non-hydrogen) atoms. The quantitative estimate of drug-likeness (QED) is 0.835. The molecule has 0 radical (unpaired) electrons. The number of hydrogen-bond acceptors (Lipinski definition) is 5. The van der Waals surface area contributed by atoms with Crippen LogP contribution >= 0.6 is 11.8 Å². The van der Waals surface area contributed by atoms with Gasteiger partial charge in [0.25, 0.3) is 5.22 Å². The zero-order valence-electron chi connectivity index (χ0n) is 8.74. The van der Waals surface area contributed by atoms with Crippen molar-refractivity contribution in [3.63, 3.8) is 0 Å². The van der Waals surface area contributed by atoms with Crippen LogP contribution in [0.3, 0.4) is 0 Å². The minimum atomic E-state index is -3.02. The van der Waals surface area contributed by atoms with Crippen LogP contribution in [0.4, 0.5) is 0 Å². The maximum atomic E-state index is 11.3. The summed E-state index contributed by atoms with van der Waals surface area (Å²) in [7, 11) is -3.02. The van der Waals surface area contributed by atoms with Crippen LogP contribution in [0.1, 0.15) is 0 Å². The van der Waals surface area contributed by atoms with Crippen molar-refractivity contribution < 1.29 is 12.8 Å². The van der Waals surface area contributed by atoms with E-state index in [-0.39, 0.29) is 11.0 Å². The van der Waals surface area contributed by atoms with Gasteiger partial charge in [0.15, 0.2) is 15.4 Å². The van der Waals surface area contributed by atoms with Crippen LogP contribution in [0, 0.1) is 0 Å². The van der Waals surface area contributed by atoms with Crippen LogP contribution in [0.5, 0.6) is 0 Å². The van der Waals surface area contributed by atoms with Crippen molar-refractivity contribution in [3.05, 3.63) is 35.7 Å². The monoisotopic (exact) mass is 267 g/mol. The molecule has 6 heteroatoms. The lowest BCUT2D eigenvalue weighted by atomic mass is 10.3. The smallest absolute Gasteiger partial charge is 0.257 e. The third-order valence-corrected chi connectivity index (χ3v) is 5.03. The predicted molar refractivity (Wildman–Crippen MR) is 66.6 cm³/mol. The summed E-state index contributed by atoms with van der Waals surface area (Å²) in [5.74, 6) is 0.121. The highest BCUT2D eigenvalue weighted by molar-refractivity contribution is 8.02. The second kappa shape index (κ2) is 3.89. The van der Waals surface area contributed by atoms with Crippen molar-refractivity contribution in [1.82, 2.24) is 4.98 Å². The summed E-state index contributed by atoms with van der Waals surface area (Å²) in [6, 6.07) is 7.47. The largest absolute Gasteiger partial charge is 0.431 e. The van der Waals surface area contributed by atoms with Crippen LogP contribution in [-0.4, -0.2) is 24.4 Å². The number of sulfone groups is 1. The number of nitrogens with zero attached hydrogens (tertiary/aromatic N) is 1. The summed E-state index contributed by atoms with van der Waals surface area (Å²) in [6.45, 7) is 0. The van der Waals surface area contributed by atoms with E-state index in [4.69, 9.17) is 4.42 Å². The molecule has 1 aromatic heterocycles. The minimum Gasteiger partial charge on any atom is -0.431 e. The van der Waals surface area contributed by atoms with E-state index in [1.54, 1.807) is 6.08 Å². The van der Waals surface area contributed by atoms with E-state index in [9.17, 15) is 8.42 Å². The number of hydrogen-bond donors (Lipinski definition) is 0. The molecule has 1 aliphatic heterocycles. The second-order valence-corrected chi connectivity index (χ2v) is 6.88. The van der Waals surface area contributed by atoms with Crippen molar-refractivity contribution in [2.24, 2.45) is 0 Å². The standard InChI is InChI=1S/C11H9NO3S2/c13-17(14)6-5-8(7-17)16-11-12-9-3-1-2-4-10(9)15-11/h1-6,8H,7H2. The first-order chi connectivity index (χ1) is 8.12. The fourth-order valence-electron chi connectivity index (χ4n) is 1.65. The molecular formula is C11H9NO3S2. The van der Waals surface area contributed by atoms with Gasteiger partial charge in [-0.2, -0.15) is 0 Å². The molecule has 0 fully saturated rings. The topological polar surface area (TPSA) is 60.2 Å². The number of oxazole rings is 1. The average molecular weight is 267 g/mol. The average Bonchev–Trinajstić information content (AvgIpc) is 2.81. The van der Waals surface area contributed by atoms with E-state index in [2.05, 4.69) is 4.98 Å². The number of para-hydroxylation sites is 2. The highest BCUT2D eigenvalue weighted by Crippen LogP contribution is 2.30. The molecular weight excluding hydrogens is 258 g/mol. The van der Waals surface area contributed by atoms with Gasteiger partial charge in [0.2, 0.25) is 0 Å². The zero-order chi connectivity index (χ0) is 11.9. The summed E-state index contributed by atoms with van der Waals surface area (Å²) >= 11 is 1.34. The highest BCUT2D eigenvalue weighted by Gasteiger charge is 2.24. The molecule has 0 saturated carbocycles. The van der Waals surface area contributed by atoms with Gasteiger partial charge in [-0.15, -0.1) is 0 Å². The minimum absolute atomic E-state index is 0.104. The fourth-order valence-corrected chi connectivity index (χ4v) is 4.41. The SMILES string of the molecule is O=S1(=O)C=CC(Sc2nc3ccccc3o2)C1. The Morgan fingerprint density at radius 1 is 1.35 bits per heavy atom. The molecule has 0 spiro atoms. The summed E-state index contributed by atoms with van der Waals surface area (Å²) in [5.41, 5.74) is 1.51. The van der Waals surface area contributed by atoms with Crippen molar-refractivity contribution in [3.8, 4) is 0 Å². The van der Waals surface area contributed by atoms with Gasteiger partial charge in [-0.3, -0.25) is 0 Å². The number of thioether (sulfide) groups is 1. The predicted octanol–water partition coefficient (Wildman–Crippen LogP) is 2.23. The van der Waals surface area contributed by atoms with Crippen LogP contribution in [0.2, 0.25) is 0 Å². The van der Waals surface area contributed by atoms with Crippen molar-refractivity contribution >= 4 is 32.7 Å². The molecule has 3 rings (SSSR count). The molecule has 1 aromatic carbocycles. The van der Waals surface area contributed by atoms with Gasteiger partial charge in [0.1, 0.15) is 5.52 Å². The molecule has 0 aliphatic carbocycles. The van der Waals surface area contributed by atoms with Gasteiger partial charge >= 0.3 is 0 Å². The lowest BCUT2D eigenvalue weighted by Gasteiger charge is -2.00. The van der Waals surface area contributed by atoms with Gasteiger partial charge in [-0.1, -0.05) is 30.0 Å². The first-order valence-electron chi connectivity index (χ1n) is 5.06. The Kier molecular flexibility index (Phi) is 2.48. The number of aromatic nitrogens is 1. The third-order valence-electron chi connectivity index (χ3n) is 2.42. The van der Waals surface area contributed by atoms with Crippen molar-refractivity contribution in [2.75, 3.05) is 5.75 Å². The Bertz CT molecular complexity index is 655. The maximum Gasteiger partial charge on any atom is 0.257 e. The Morgan fingerprint density at radius 2 is 2.18 bits per heavy atom. The van der Waals surface area contributed by atoms with E-state index >= 15 is 0 Å². The van der Waals surface area contributed by atoms with Gasteiger partial charge in [-0.25, -0.2) is 13.4 Å². The van der Waals surface area contributed by atoms with E-state index < -0.39 is 9.84 Å². The maximum absolute atomic E-state index is 11.3. The molecule has 1 unspecified atom stereocenters. The molecule has 0 bridgehead atoms. The number of rotatable bonds is 2. The van der Waals surface area contributed by atoms with Crippen LogP contribution in [0.25, 0.3) is 11.1 Å². The Labute approximate surface area is 103 Å². The lowest BCUT2D eigenvalue weighted by Crippen LogP contribution is -2.06. The van der Waals surface area contributed by atoms with Gasteiger partial charge in [-0.05, 0) is 12.1 Å². The normalized spacial score (nSPS) is 22.2. The zero-order valence-corrected chi connectivity index (χ0v) is 10.4. The van der Waals surface area contributed by atoms with Crippen LogP contribution < -0.4 is 0 Å². The lowest BCUT2D eigenvalue weighted by molar-refractivity contribution is 0.489. The Hall–Kier alpha value is -1.27. The first-order valence-corrected chi connectivity index (χ1v) is 7.65. The molecule has 0 saturated heterocycles. The van der Waals surface area contributed by atoms with Crippen molar-refractivity contribution in [1.29, 1.82) is 0 Å². The van der Waals surface area contributed by atoms with Gasteiger partial charge in [0.05, 0.1) is 5.75 Å². The molecule has 2 heterocycles. The Balaban J connectivity index is 1.84. The molecule has 0 N–H and O–H groups in total. The van der Waals surface area contributed by atoms with E-state index in [0.29, 0.717) is 5.22 Å². The summed E-state index contributed by atoms with van der Waals surface area (Å²) in [6.07, 6.45) is 1.68. The van der Waals surface area contributed by atoms with E-state index in [1.807, 2.05) is 24.3 Å². The van der Waals surface area contributed by atoms with E-state index in [1.165, 1.54) is 17.2 Å². The molecule has 2 aromatic rings. The molecule has 1 aliphatic rings. The molecule has 0 amide bonds. The summed E-state index contributed by atoms with van der Waals surface area (Å²) in [5, 5.41) is 1.67. The van der Waals surface area contributed by atoms with Crippen LogP contribution in [-0.2, 0) is 9.84 Å². The Morgan fingerprint density at radius 3 is 2.88 bits per heavy atom. The molecule has 1 atom stereocenters. The summed E-state index contributed by atoms with van der Waals surface area (Å²) < 4.78 is 28.0. The number of benzene rings is 1.